The van der Waals surface area contributed by atoms with E-state index in [1.54, 1.807) is 11.3 Å². The number of rotatable bonds is 5. The van der Waals surface area contributed by atoms with Crippen LogP contribution in [0, 0.1) is 11.8 Å². The van der Waals surface area contributed by atoms with Crippen LogP contribution in [0.1, 0.15) is 23.3 Å². The second kappa shape index (κ2) is 8.25. The number of anilines is 1. The molecule has 1 amide bonds. The lowest BCUT2D eigenvalue weighted by molar-refractivity contribution is -0.116. The van der Waals surface area contributed by atoms with Crippen molar-refractivity contribution in [1.29, 1.82) is 0 Å². The Kier molecular flexibility index (Phi) is 6.01. The Bertz CT molecular complexity index is 621. The largest absolute Gasteiger partial charge is 0.326 e. The van der Waals surface area contributed by atoms with Gasteiger partial charge in [0.2, 0.25) is 5.91 Å². The standard InChI is InChI=1S/C17H18N2OS/c18-12-2-4-14-8-10-15(11-9-14)19-17(20)7-1-5-16-6-3-13-21-16/h3,6,8-11,13H,1,5,7,12,18H2,(H,19,20). The summed E-state index contributed by atoms with van der Waals surface area (Å²) in [6, 6.07) is 11.6. The van der Waals surface area contributed by atoms with Gasteiger partial charge in [0.05, 0.1) is 6.54 Å². The molecule has 3 N–H and O–H groups in total. The third-order valence-corrected chi connectivity index (χ3v) is 3.85. The molecule has 1 heterocycles. The lowest BCUT2D eigenvalue weighted by Gasteiger charge is -2.05. The molecule has 0 saturated heterocycles. The summed E-state index contributed by atoms with van der Waals surface area (Å²) >= 11 is 1.73. The fraction of sp³-hybridized carbons (Fsp3) is 0.235. The number of aryl methyl sites for hydroxylation is 1. The van der Waals surface area contributed by atoms with E-state index in [4.69, 9.17) is 5.73 Å². The Hall–Kier alpha value is -2.09. The molecule has 0 bridgehead atoms. The van der Waals surface area contributed by atoms with E-state index in [9.17, 15) is 4.79 Å². The van der Waals surface area contributed by atoms with Gasteiger partial charge in [-0.25, -0.2) is 0 Å². The molecule has 2 aromatic rings. The van der Waals surface area contributed by atoms with E-state index in [0.717, 1.165) is 24.1 Å². The lowest BCUT2D eigenvalue weighted by Crippen LogP contribution is -2.11. The molecule has 3 nitrogen and oxygen atoms in total. The van der Waals surface area contributed by atoms with Gasteiger partial charge in [0.25, 0.3) is 0 Å². The van der Waals surface area contributed by atoms with Crippen LogP contribution in [0.4, 0.5) is 5.69 Å². The topological polar surface area (TPSA) is 55.1 Å². The van der Waals surface area contributed by atoms with Gasteiger partial charge in [-0.2, -0.15) is 0 Å². The van der Waals surface area contributed by atoms with Crippen LogP contribution in [-0.4, -0.2) is 12.5 Å². The number of benzene rings is 1. The summed E-state index contributed by atoms with van der Waals surface area (Å²) in [7, 11) is 0. The molecule has 1 aromatic heterocycles. The van der Waals surface area contributed by atoms with Gasteiger partial charge in [-0.1, -0.05) is 17.9 Å². The van der Waals surface area contributed by atoms with Crippen LogP contribution in [0.3, 0.4) is 0 Å². The number of nitrogens with one attached hydrogen (secondary N) is 1. The number of amides is 1. The predicted molar refractivity (Wildman–Crippen MR) is 88.3 cm³/mol. The number of carbonyl (C=O) groups is 1. The van der Waals surface area contributed by atoms with Crippen LogP contribution in [0.5, 0.6) is 0 Å². The Morgan fingerprint density at radius 3 is 2.71 bits per heavy atom. The second-order valence-corrected chi connectivity index (χ2v) is 5.60. The van der Waals surface area contributed by atoms with E-state index in [1.165, 1.54) is 4.88 Å². The highest BCUT2D eigenvalue weighted by atomic mass is 32.1. The molecule has 0 unspecified atom stereocenters. The Balaban J connectivity index is 1.76. The third kappa shape index (κ3) is 5.42. The van der Waals surface area contributed by atoms with Gasteiger partial charge in [-0.15, -0.1) is 11.3 Å². The summed E-state index contributed by atoms with van der Waals surface area (Å²) in [6.45, 7) is 0.350. The maximum atomic E-state index is 11.8. The highest BCUT2D eigenvalue weighted by Crippen LogP contribution is 2.13. The summed E-state index contributed by atoms with van der Waals surface area (Å²) in [4.78, 5) is 13.2. The third-order valence-electron chi connectivity index (χ3n) is 2.91. The van der Waals surface area contributed by atoms with E-state index in [2.05, 4.69) is 28.6 Å². The van der Waals surface area contributed by atoms with E-state index >= 15 is 0 Å². The van der Waals surface area contributed by atoms with Crippen LogP contribution >= 0.6 is 11.3 Å². The maximum Gasteiger partial charge on any atom is 0.224 e. The summed E-state index contributed by atoms with van der Waals surface area (Å²) in [5, 5.41) is 4.96. The lowest BCUT2D eigenvalue weighted by atomic mass is 10.2. The first-order valence-corrected chi connectivity index (χ1v) is 7.77. The normalized spacial score (nSPS) is 9.76. The van der Waals surface area contributed by atoms with Gasteiger partial charge in [-0.05, 0) is 48.6 Å². The number of hydrogen-bond donors (Lipinski definition) is 2. The van der Waals surface area contributed by atoms with E-state index in [-0.39, 0.29) is 5.91 Å². The molecule has 0 fully saturated rings. The average Bonchev–Trinajstić information content (AvgIpc) is 3.00. The SMILES string of the molecule is NCC#Cc1ccc(NC(=O)CCCc2cccs2)cc1. The van der Waals surface area contributed by atoms with Crippen molar-refractivity contribution < 1.29 is 4.79 Å². The van der Waals surface area contributed by atoms with Crippen LogP contribution in [-0.2, 0) is 11.2 Å². The summed E-state index contributed by atoms with van der Waals surface area (Å²) in [6.07, 6.45) is 2.36. The number of thiophene rings is 1. The van der Waals surface area contributed by atoms with Gasteiger partial charge in [0.15, 0.2) is 0 Å². The molecule has 108 valence electrons. The predicted octanol–water partition coefficient (Wildman–Crippen LogP) is 3.02. The highest BCUT2D eigenvalue weighted by Gasteiger charge is 2.03. The molecule has 4 heteroatoms. The van der Waals surface area contributed by atoms with Crippen LogP contribution in [0.15, 0.2) is 41.8 Å². The molecular weight excluding hydrogens is 280 g/mol. The fourth-order valence-electron chi connectivity index (χ4n) is 1.89. The van der Waals surface area contributed by atoms with Crippen molar-refractivity contribution in [2.24, 2.45) is 5.73 Å². The summed E-state index contributed by atoms with van der Waals surface area (Å²) in [5.41, 5.74) is 7.02. The smallest absolute Gasteiger partial charge is 0.224 e. The zero-order valence-corrected chi connectivity index (χ0v) is 12.6. The minimum Gasteiger partial charge on any atom is -0.326 e. The molecule has 2 rings (SSSR count). The van der Waals surface area contributed by atoms with Crippen molar-refractivity contribution in [3.63, 3.8) is 0 Å². The van der Waals surface area contributed by atoms with Gasteiger partial charge >= 0.3 is 0 Å². The molecule has 1 aromatic carbocycles. The number of carbonyl (C=O) groups excluding carboxylic acids is 1. The second-order valence-electron chi connectivity index (χ2n) is 4.56. The van der Waals surface area contributed by atoms with Gasteiger partial charge < -0.3 is 11.1 Å². The van der Waals surface area contributed by atoms with Gasteiger partial charge in [-0.3, -0.25) is 4.79 Å². The van der Waals surface area contributed by atoms with E-state index < -0.39 is 0 Å². The Labute approximate surface area is 129 Å². The van der Waals surface area contributed by atoms with Crippen molar-refractivity contribution >= 4 is 22.9 Å². The molecule has 0 saturated carbocycles. The molecule has 0 aliphatic heterocycles. The van der Waals surface area contributed by atoms with Crippen molar-refractivity contribution in [3.05, 3.63) is 52.2 Å². The van der Waals surface area contributed by atoms with Crippen LogP contribution in [0.25, 0.3) is 0 Å². The van der Waals surface area contributed by atoms with E-state index in [1.807, 2.05) is 30.3 Å². The Morgan fingerprint density at radius 1 is 1.24 bits per heavy atom. The first kappa shape index (κ1) is 15.3. The van der Waals surface area contributed by atoms with E-state index in [0.29, 0.717) is 13.0 Å². The quantitative estimate of drug-likeness (QED) is 0.834. The summed E-state index contributed by atoms with van der Waals surface area (Å²) in [5.74, 6) is 5.79. The molecule has 0 radical (unpaired) electrons. The van der Waals surface area contributed by atoms with Crippen molar-refractivity contribution in [2.45, 2.75) is 19.3 Å². The zero-order valence-electron chi connectivity index (χ0n) is 11.8. The maximum absolute atomic E-state index is 11.8. The first-order valence-electron chi connectivity index (χ1n) is 6.89. The Morgan fingerprint density at radius 2 is 2.05 bits per heavy atom. The minimum absolute atomic E-state index is 0.0485. The molecule has 0 aliphatic rings. The fourth-order valence-corrected chi connectivity index (χ4v) is 2.64. The molecule has 0 aliphatic carbocycles. The monoisotopic (exact) mass is 298 g/mol. The van der Waals surface area contributed by atoms with Crippen LogP contribution in [0.2, 0.25) is 0 Å². The number of nitrogens with two attached hydrogens (primary N) is 1. The molecule has 0 atom stereocenters. The van der Waals surface area contributed by atoms with Gasteiger partial charge in [0.1, 0.15) is 0 Å². The molecule has 21 heavy (non-hydrogen) atoms. The van der Waals surface area contributed by atoms with Crippen molar-refractivity contribution in [1.82, 2.24) is 0 Å². The zero-order chi connectivity index (χ0) is 14.9. The molecule has 0 spiro atoms. The van der Waals surface area contributed by atoms with Crippen LogP contribution < -0.4 is 11.1 Å². The van der Waals surface area contributed by atoms with Crippen molar-refractivity contribution in [2.75, 3.05) is 11.9 Å². The highest BCUT2D eigenvalue weighted by molar-refractivity contribution is 7.09. The first-order chi connectivity index (χ1) is 10.3. The van der Waals surface area contributed by atoms with Crippen molar-refractivity contribution in [3.8, 4) is 11.8 Å². The number of hydrogen-bond acceptors (Lipinski definition) is 3. The minimum atomic E-state index is 0.0485. The average molecular weight is 298 g/mol. The van der Waals surface area contributed by atoms with Gasteiger partial charge in [0, 0.05) is 22.5 Å². The summed E-state index contributed by atoms with van der Waals surface area (Å²) < 4.78 is 0. The molecular formula is C17H18N2OS.